The van der Waals surface area contributed by atoms with E-state index < -0.39 is 10.0 Å². The molecule has 0 spiro atoms. The van der Waals surface area contributed by atoms with Crippen molar-refractivity contribution in [2.75, 3.05) is 13.1 Å². The van der Waals surface area contributed by atoms with Gasteiger partial charge in [0.25, 0.3) is 0 Å². The molecule has 0 atom stereocenters. The van der Waals surface area contributed by atoms with E-state index in [9.17, 15) is 8.42 Å². The zero-order valence-electron chi connectivity index (χ0n) is 10.2. The maximum absolute atomic E-state index is 12.3. The van der Waals surface area contributed by atoms with Crippen molar-refractivity contribution >= 4 is 10.0 Å². The molecule has 0 radical (unpaired) electrons. The van der Waals surface area contributed by atoms with Gasteiger partial charge in [-0.2, -0.15) is 4.31 Å². The molecule has 1 saturated heterocycles. The van der Waals surface area contributed by atoms with Gasteiger partial charge in [-0.1, -0.05) is 6.07 Å². The number of hydrogen-bond acceptors (Lipinski definition) is 4. The van der Waals surface area contributed by atoms with E-state index in [4.69, 9.17) is 0 Å². The molecular formula is C13H13N3O2S. The lowest BCUT2D eigenvalue weighted by molar-refractivity contribution is 0.263. The van der Waals surface area contributed by atoms with Crippen LogP contribution in [0.1, 0.15) is 11.5 Å². The fraction of sp³-hybridized carbons (Fsp3) is 0.231. The van der Waals surface area contributed by atoms with Gasteiger partial charge in [0, 0.05) is 43.8 Å². The molecule has 19 heavy (non-hydrogen) atoms. The number of hydrogen-bond donors (Lipinski definition) is 0. The minimum atomic E-state index is -3.39. The Morgan fingerprint density at radius 1 is 1.05 bits per heavy atom. The van der Waals surface area contributed by atoms with Gasteiger partial charge < -0.3 is 0 Å². The molecule has 0 unspecified atom stereocenters. The average Bonchev–Trinajstić information content (AvgIpc) is 2.39. The Bertz CT molecular complexity index is 653. The molecule has 0 aromatic carbocycles. The lowest BCUT2D eigenvalue weighted by Crippen LogP contribution is -2.48. The third-order valence-electron chi connectivity index (χ3n) is 3.28. The summed E-state index contributed by atoms with van der Waals surface area (Å²) in [5, 5.41) is 0. The Morgan fingerprint density at radius 3 is 2.32 bits per heavy atom. The Balaban J connectivity index is 1.74. The van der Waals surface area contributed by atoms with E-state index >= 15 is 0 Å². The van der Waals surface area contributed by atoms with Gasteiger partial charge >= 0.3 is 0 Å². The van der Waals surface area contributed by atoms with Gasteiger partial charge in [-0.05, 0) is 23.8 Å². The highest BCUT2D eigenvalue weighted by molar-refractivity contribution is 7.89. The van der Waals surface area contributed by atoms with Gasteiger partial charge in [-0.3, -0.25) is 9.97 Å². The van der Waals surface area contributed by atoms with Crippen molar-refractivity contribution in [1.82, 2.24) is 14.3 Å². The molecule has 0 N–H and O–H groups in total. The summed E-state index contributed by atoms with van der Waals surface area (Å²) in [6, 6.07) is 7.05. The highest BCUT2D eigenvalue weighted by Gasteiger charge is 2.37. The first kappa shape index (κ1) is 12.3. The highest BCUT2D eigenvalue weighted by atomic mass is 32.2. The standard InChI is InChI=1S/C13H13N3O2S/c17-19(18,13-4-2-6-15-8-13)16-9-12(10-16)11-3-1-5-14-7-11/h1-8,12H,9-10H2. The molecule has 6 heteroatoms. The largest absolute Gasteiger partial charge is 0.264 e. The normalized spacial score (nSPS) is 17.1. The molecule has 1 aliphatic rings. The first-order valence-corrected chi connectivity index (χ1v) is 7.42. The summed E-state index contributed by atoms with van der Waals surface area (Å²) in [6.07, 6.45) is 6.45. The van der Waals surface area contributed by atoms with Crippen LogP contribution in [0.25, 0.3) is 0 Å². The van der Waals surface area contributed by atoms with Crippen LogP contribution in [0, 0.1) is 0 Å². The molecular weight excluding hydrogens is 262 g/mol. The van der Waals surface area contributed by atoms with Gasteiger partial charge in [-0.15, -0.1) is 0 Å². The van der Waals surface area contributed by atoms with Crippen molar-refractivity contribution in [1.29, 1.82) is 0 Å². The van der Waals surface area contributed by atoms with E-state index in [1.54, 1.807) is 30.7 Å². The third-order valence-corrected chi connectivity index (χ3v) is 5.09. The van der Waals surface area contributed by atoms with Crippen molar-refractivity contribution < 1.29 is 8.42 Å². The Hall–Kier alpha value is -1.79. The van der Waals surface area contributed by atoms with Crippen molar-refractivity contribution in [3.63, 3.8) is 0 Å². The van der Waals surface area contributed by atoms with Gasteiger partial charge in [0.15, 0.2) is 0 Å². The van der Waals surface area contributed by atoms with E-state index in [1.807, 2.05) is 12.1 Å². The minimum Gasteiger partial charge on any atom is -0.264 e. The second-order valence-electron chi connectivity index (χ2n) is 4.49. The predicted octanol–water partition coefficient (Wildman–Crippen LogP) is 1.26. The predicted molar refractivity (Wildman–Crippen MR) is 70.0 cm³/mol. The van der Waals surface area contributed by atoms with Crippen molar-refractivity contribution in [3.8, 4) is 0 Å². The first-order chi connectivity index (χ1) is 9.18. The zero-order chi connectivity index (χ0) is 13.3. The van der Waals surface area contributed by atoms with E-state index in [2.05, 4.69) is 9.97 Å². The van der Waals surface area contributed by atoms with Crippen molar-refractivity contribution in [2.45, 2.75) is 10.8 Å². The lowest BCUT2D eigenvalue weighted by atomic mass is 9.95. The molecule has 1 aliphatic heterocycles. The number of nitrogens with zero attached hydrogens (tertiary/aromatic N) is 3. The van der Waals surface area contributed by atoms with E-state index in [1.165, 1.54) is 10.5 Å². The fourth-order valence-electron chi connectivity index (χ4n) is 2.11. The Morgan fingerprint density at radius 2 is 1.74 bits per heavy atom. The average molecular weight is 275 g/mol. The molecule has 0 bridgehead atoms. The number of sulfonamides is 1. The van der Waals surface area contributed by atoms with E-state index in [0.717, 1.165) is 5.56 Å². The monoisotopic (exact) mass is 275 g/mol. The fourth-order valence-corrected chi connectivity index (χ4v) is 3.61. The molecule has 3 heterocycles. The van der Waals surface area contributed by atoms with Crippen LogP contribution in [0.4, 0.5) is 0 Å². The topological polar surface area (TPSA) is 63.2 Å². The summed E-state index contributed by atoms with van der Waals surface area (Å²) < 4.78 is 26.0. The summed E-state index contributed by atoms with van der Waals surface area (Å²) in [5.74, 6) is 0.236. The molecule has 1 fully saturated rings. The quantitative estimate of drug-likeness (QED) is 0.846. The second-order valence-corrected chi connectivity index (χ2v) is 6.43. The van der Waals surface area contributed by atoms with Crippen LogP contribution < -0.4 is 0 Å². The molecule has 2 aromatic rings. The van der Waals surface area contributed by atoms with Crippen LogP contribution in [0.15, 0.2) is 53.9 Å². The molecule has 0 saturated carbocycles. The van der Waals surface area contributed by atoms with Crippen molar-refractivity contribution in [2.24, 2.45) is 0 Å². The van der Waals surface area contributed by atoms with Gasteiger partial charge in [-0.25, -0.2) is 8.42 Å². The van der Waals surface area contributed by atoms with Gasteiger partial charge in [0.2, 0.25) is 10.0 Å². The maximum Gasteiger partial charge on any atom is 0.244 e. The number of pyridine rings is 2. The molecule has 3 rings (SSSR count). The lowest BCUT2D eigenvalue weighted by Gasteiger charge is -2.38. The van der Waals surface area contributed by atoms with Crippen LogP contribution in [0.3, 0.4) is 0 Å². The summed E-state index contributed by atoms with van der Waals surface area (Å²) in [4.78, 5) is 8.16. The maximum atomic E-state index is 12.3. The SMILES string of the molecule is O=S(=O)(c1cccnc1)N1CC(c2cccnc2)C1. The molecule has 98 valence electrons. The smallest absolute Gasteiger partial charge is 0.244 e. The summed E-state index contributed by atoms with van der Waals surface area (Å²) in [6.45, 7) is 1.01. The van der Waals surface area contributed by atoms with Crippen molar-refractivity contribution in [3.05, 3.63) is 54.6 Å². The van der Waals surface area contributed by atoms with Crippen LogP contribution in [-0.4, -0.2) is 35.8 Å². The zero-order valence-corrected chi connectivity index (χ0v) is 11.0. The summed E-state index contributed by atoms with van der Waals surface area (Å²) in [5.41, 5.74) is 1.08. The summed E-state index contributed by atoms with van der Waals surface area (Å²) in [7, 11) is -3.39. The van der Waals surface area contributed by atoms with E-state index in [0.29, 0.717) is 13.1 Å². The van der Waals surface area contributed by atoms with Gasteiger partial charge in [0.05, 0.1) is 0 Å². The van der Waals surface area contributed by atoms with Gasteiger partial charge in [0.1, 0.15) is 4.90 Å². The van der Waals surface area contributed by atoms with Crippen LogP contribution in [0.2, 0.25) is 0 Å². The Labute approximate surface area is 112 Å². The minimum absolute atomic E-state index is 0.236. The molecule has 0 amide bonds. The molecule has 2 aromatic heterocycles. The second kappa shape index (κ2) is 4.71. The third kappa shape index (κ3) is 2.24. The Kier molecular flexibility index (Phi) is 3.04. The first-order valence-electron chi connectivity index (χ1n) is 5.98. The molecule has 0 aliphatic carbocycles. The summed E-state index contributed by atoms with van der Waals surface area (Å²) >= 11 is 0. The highest BCUT2D eigenvalue weighted by Crippen LogP contribution is 2.31. The van der Waals surface area contributed by atoms with Crippen LogP contribution >= 0.6 is 0 Å². The molecule has 5 nitrogen and oxygen atoms in total. The van der Waals surface area contributed by atoms with E-state index in [-0.39, 0.29) is 10.8 Å². The van der Waals surface area contributed by atoms with Crippen LogP contribution in [0.5, 0.6) is 0 Å². The number of aromatic nitrogens is 2. The number of rotatable bonds is 3. The van der Waals surface area contributed by atoms with Crippen LogP contribution in [-0.2, 0) is 10.0 Å².